The minimum absolute atomic E-state index is 0.0150. The van der Waals surface area contributed by atoms with Crippen LogP contribution in [-0.2, 0) is 19.1 Å². The van der Waals surface area contributed by atoms with E-state index < -0.39 is 30.4 Å². The monoisotopic (exact) mass is 560 g/mol. The second kappa shape index (κ2) is 11.1. The Morgan fingerprint density at radius 1 is 1.24 bits per heavy atom. The highest BCUT2D eigenvalue weighted by molar-refractivity contribution is 8.26. The molecule has 0 atom stereocenters. The quantitative estimate of drug-likeness (QED) is 0.256. The topological polar surface area (TPSA) is 138 Å². The van der Waals surface area contributed by atoms with Crippen molar-refractivity contribution in [1.82, 2.24) is 9.88 Å². The average Bonchev–Trinajstić information content (AvgIpc) is 3.31. The molecule has 0 radical (unpaired) electrons. The van der Waals surface area contributed by atoms with Crippen LogP contribution in [0.25, 0.3) is 5.57 Å². The molecule has 15 heteroatoms. The number of thiazole rings is 1. The SMILES string of the molecule is CCOC(=O)/C(=C1/SC(=S)N(CC(=O)O)C1=O)c1csc(NC(=O)Nc2ccc(Cl)c(Cl)c2)n1. The van der Waals surface area contributed by atoms with E-state index in [9.17, 15) is 19.2 Å². The van der Waals surface area contributed by atoms with Crippen LogP contribution >= 0.6 is 58.5 Å². The normalized spacial score (nSPS) is 14.7. The van der Waals surface area contributed by atoms with E-state index in [1.54, 1.807) is 13.0 Å². The highest BCUT2D eigenvalue weighted by Gasteiger charge is 2.38. The second-order valence-electron chi connectivity index (χ2n) is 6.32. The van der Waals surface area contributed by atoms with Gasteiger partial charge in [0.2, 0.25) is 0 Å². The summed E-state index contributed by atoms with van der Waals surface area (Å²) in [7, 11) is 0. The summed E-state index contributed by atoms with van der Waals surface area (Å²) in [4.78, 5) is 53.8. The molecule has 1 aliphatic rings. The molecule has 2 heterocycles. The van der Waals surface area contributed by atoms with Gasteiger partial charge in [0.1, 0.15) is 16.4 Å². The Kier molecular flexibility index (Phi) is 8.49. The van der Waals surface area contributed by atoms with E-state index in [2.05, 4.69) is 15.6 Å². The van der Waals surface area contributed by atoms with Gasteiger partial charge in [0.25, 0.3) is 5.91 Å². The van der Waals surface area contributed by atoms with E-state index in [1.165, 1.54) is 17.5 Å². The number of ether oxygens (including phenoxy) is 1. The molecule has 178 valence electrons. The number of esters is 1. The number of aliphatic carboxylic acids is 1. The number of benzene rings is 1. The van der Waals surface area contributed by atoms with Crippen molar-refractivity contribution < 1.29 is 29.0 Å². The summed E-state index contributed by atoms with van der Waals surface area (Å²) in [6, 6.07) is 3.91. The fourth-order valence-electron chi connectivity index (χ4n) is 2.62. The number of carboxylic acids is 1. The van der Waals surface area contributed by atoms with Gasteiger partial charge in [0, 0.05) is 11.1 Å². The number of hydrogen-bond donors (Lipinski definition) is 3. The van der Waals surface area contributed by atoms with Crippen molar-refractivity contribution in [2.45, 2.75) is 6.92 Å². The Balaban J connectivity index is 1.85. The predicted molar refractivity (Wildman–Crippen MR) is 134 cm³/mol. The smallest absolute Gasteiger partial charge is 0.341 e. The first-order chi connectivity index (χ1) is 16.1. The summed E-state index contributed by atoms with van der Waals surface area (Å²) < 4.78 is 5.05. The number of thiocarbonyl (C=S) groups is 1. The number of carbonyl (C=O) groups is 4. The molecule has 34 heavy (non-hydrogen) atoms. The molecule has 3 rings (SSSR count). The second-order valence-corrected chi connectivity index (χ2v) is 9.64. The van der Waals surface area contributed by atoms with Crippen LogP contribution in [-0.4, -0.2) is 56.3 Å². The first-order valence-electron chi connectivity index (χ1n) is 9.26. The van der Waals surface area contributed by atoms with E-state index in [0.717, 1.165) is 28.0 Å². The summed E-state index contributed by atoms with van der Waals surface area (Å²) in [5.74, 6) is -2.85. The third kappa shape index (κ3) is 6.04. The molecule has 0 spiro atoms. The number of nitrogens with one attached hydrogen (secondary N) is 2. The number of thioether (sulfide) groups is 1. The maximum Gasteiger partial charge on any atom is 0.341 e. The molecular formula is C19H14Cl2N4O6S3. The van der Waals surface area contributed by atoms with Gasteiger partial charge in [-0.25, -0.2) is 14.6 Å². The van der Waals surface area contributed by atoms with Crippen LogP contribution in [0.5, 0.6) is 0 Å². The summed E-state index contributed by atoms with van der Waals surface area (Å²) >= 11 is 18.7. The lowest BCUT2D eigenvalue weighted by Crippen LogP contribution is -2.33. The zero-order chi connectivity index (χ0) is 25.0. The van der Waals surface area contributed by atoms with E-state index in [4.69, 9.17) is 45.3 Å². The molecule has 1 aromatic heterocycles. The van der Waals surface area contributed by atoms with Gasteiger partial charge in [0.15, 0.2) is 5.13 Å². The molecule has 3 N–H and O–H groups in total. The number of nitrogens with zero attached hydrogens (tertiary/aromatic N) is 2. The maximum atomic E-state index is 12.8. The number of aromatic nitrogens is 1. The number of halogens is 2. The molecule has 3 amide bonds. The molecule has 10 nitrogen and oxygen atoms in total. The standard InChI is InChI=1S/C19H14Cl2N4O6S3/c1-2-31-16(29)13(14-15(28)25(6-12(26)27)19(32)34-14)11-7-33-18(23-11)24-17(30)22-8-3-4-9(20)10(21)5-8/h3-5,7H,2,6H2,1H3,(H,26,27)(H2,22,23,24,30)/b14-13+. The third-order valence-corrected chi connectivity index (χ3v) is 6.95. The number of hydrogen-bond acceptors (Lipinski definition) is 9. The van der Waals surface area contributed by atoms with Crippen molar-refractivity contribution >= 4 is 103 Å². The van der Waals surface area contributed by atoms with Crippen LogP contribution in [0, 0.1) is 0 Å². The number of carboxylic acid groups (broad SMARTS) is 1. The van der Waals surface area contributed by atoms with Gasteiger partial charge in [-0.05, 0) is 25.1 Å². The minimum Gasteiger partial charge on any atom is -0.480 e. The van der Waals surface area contributed by atoms with E-state index in [1.807, 2.05) is 0 Å². The zero-order valence-electron chi connectivity index (χ0n) is 17.1. The third-order valence-electron chi connectivity index (χ3n) is 4.01. The minimum atomic E-state index is -1.26. The molecule has 0 saturated carbocycles. The fraction of sp³-hybridized carbons (Fsp3) is 0.158. The first kappa shape index (κ1) is 25.9. The summed E-state index contributed by atoms with van der Waals surface area (Å²) in [5, 5.41) is 16.3. The van der Waals surface area contributed by atoms with Crippen molar-refractivity contribution in [1.29, 1.82) is 0 Å². The molecule has 0 aliphatic carbocycles. The number of carbonyl (C=O) groups excluding carboxylic acids is 3. The lowest BCUT2D eigenvalue weighted by atomic mass is 10.2. The van der Waals surface area contributed by atoms with Crippen molar-refractivity contribution in [3.05, 3.63) is 44.2 Å². The lowest BCUT2D eigenvalue weighted by molar-refractivity contribution is -0.140. The van der Waals surface area contributed by atoms with Crippen molar-refractivity contribution in [3.63, 3.8) is 0 Å². The van der Waals surface area contributed by atoms with Crippen molar-refractivity contribution in [2.24, 2.45) is 0 Å². The zero-order valence-corrected chi connectivity index (χ0v) is 21.0. The van der Waals surface area contributed by atoms with Crippen LogP contribution in [0.3, 0.4) is 0 Å². The van der Waals surface area contributed by atoms with Gasteiger partial charge in [-0.1, -0.05) is 47.2 Å². The lowest BCUT2D eigenvalue weighted by Gasteiger charge is -2.11. The van der Waals surface area contributed by atoms with Gasteiger partial charge in [-0.15, -0.1) is 11.3 Å². The Morgan fingerprint density at radius 3 is 2.62 bits per heavy atom. The van der Waals surface area contributed by atoms with Crippen molar-refractivity contribution in [3.8, 4) is 0 Å². The summed E-state index contributed by atoms with van der Waals surface area (Å²) in [5.41, 5.74) is 0.267. The molecule has 1 fully saturated rings. The van der Waals surface area contributed by atoms with E-state index >= 15 is 0 Å². The van der Waals surface area contributed by atoms with Crippen LogP contribution in [0.2, 0.25) is 10.0 Å². The number of amides is 3. The average molecular weight is 561 g/mol. The molecule has 1 aromatic carbocycles. The number of rotatable bonds is 7. The van der Waals surface area contributed by atoms with Gasteiger partial charge in [-0.3, -0.25) is 19.8 Å². The van der Waals surface area contributed by atoms with Gasteiger partial charge in [-0.2, -0.15) is 0 Å². The van der Waals surface area contributed by atoms with Crippen LogP contribution in [0.4, 0.5) is 15.6 Å². The number of anilines is 2. The van der Waals surface area contributed by atoms with Crippen molar-refractivity contribution in [2.75, 3.05) is 23.8 Å². The largest absolute Gasteiger partial charge is 0.480 e. The molecule has 1 aliphatic heterocycles. The number of urea groups is 1. The van der Waals surface area contributed by atoms with E-state index in [-0.39, 0.29) is 37.3 Å². The van der Waals surface area contributed by atoms with Gasteiger partial charge < -0.3 is 15.2 Å². The highest BCUT2D eigenvalue weighted by atomic mass is 35.5. The highest BCUT2D eigenvalue weighted by Crippen LogP contribution is 2.38. The molecule has 0 bridgehead atoms. The first-order valence-corrected chi connectivity index (χ1v) is 12.1. The molecule has 1 saturated heterocycles. The van der Waals surface area contributed by atoms with Gasteiger partial charge in [0.05, 0.1) is 27.3 Å². The summed E-state index contributed by atoms with van der Waals surface area (Å²) in [6.07, 6.45) is 0. The Labute approximate surface area is 216 Å². The Hall–Kier alpha value is -2.71. The van der Waals surface area contributed by atoms with Crippen LogP contribution in [0.15, 0.2) is 28.5 Å². The van der Waals surface area contributed by atoms with Crippen LogP contribution in [0.1, 0.15) is 12.6 Å². The molecule has 2 aromatic rings. The van der Waals surface area contributed by atoms with E-state index in [0.29, 0.717) is 10.7 Å². The maximum absolute atomic E-state index is 12.8. The Morgan fingerprint density at radius 2 is 1.97 bits per heavy atom. The molecular weight excluding hydrogens is 547 g/mol. The van der Waals surface area contributed by atoms with Crippen LogP contribution < -0.4 is 10.6 Å². The van der Waals surface area contributed by atoms with Gasteiger partial charge >= 0.3 is 18.0 Å². The summed E-state index contributed by atoms with van der Waals surface area (Å²) in [6.45, 7) is 0.967. The molecule has 0 unspecified atom stereocenters. The fourth-order valence-corrected chi connectivity index (χ4v) is 4.93. The Bertz CT molecular complexity index is 1230. The predicted octanol–water partition coefficient (Wildman–Crippen LogP) is 4.31.